The van der Waals surface area contributed by atoms with Gasteiger partial charge in [0.15, 0.2) is 6.29 Å². The molecule has 0 aromatic carbocycles. The molecule has 0 saturated carbocycles. The third-order valence-electron chi connectivity index (χ3n) is 17.3. The molecule has 80 heavy (non-hydrogen) atoms. The van der Waals surface area contributed by atoms with Gasteiger partial charge in [0.05, 0.1) is 25.4 Å². The number of unbranched alkanes of at least 4 members (excludes halogenated alkanes) is 51. The molecule has 1 rings (SSSR count). The highest BCUT2D eigenvalue weighted by molar-refractivity contribution is 5.76. The van der Waals surface area contributed by atoms with Crippen LogP contribution in [0.3, 0.4) is 0 Å². The Balaban J connectivity index is 2.11. The Morgan fingerprint density at radius 3 is 1.01 bits per heavy atom. The lowest BCUT2D eigenvalue weighted by Crippen LogP contribution is -2.60. The summed E-state index contributed by atoms with van der Waals surface area (Å²) in [5, 5.41) is 54.8. The number of aliphatic hydroxyl groups excluding tert-OH is 5. The zero-order valence-electron chi connectivity index (χ0n) is 53.1. The number of hydrogen-bond donors (Lipinski definition) is 6. The molecule has 0 aromatic rings. The van der Waals surface area contributed by atoms with E-state index in [9.17, 15) is 30.3 Å². The highest BCUT2D eigenvalue weighted by Crippen LogP contribution is 2.24. The zero-order valence-corrected chi connectivity index (χ0v) is 53.1. The molecule has 6 N–H and O–H groups in total. The van der Waals surface area contributed by atoms with Gasteiger partial charge in [0.2, 0.25) is 5.91 Å². The average molecular weight is 1130 g/mol. The molecule has 9 heteroatoms. The van der Waals surface area contributed by atoms with Crippen LogP contribution in [0.25, 0.3) is 0 Å². The van der Waals surface area contributed by atoms with E-state index in [1.165, 1.54) is 308 Å². The number of rotatable bonds is 63. The van der Waals surface area contributed by atoms with Crippen LogP contribution in [0.2, 0.25) is 0 Å². The van der Waals surface area contributed by atoms with Gasteiger partial charge in [-0.25, -0.2) is 0 Å². The van der Waals surface area contributed by atoms with Crippen molar-refractivity contribution in [1.82, 2.24) is 5.32 Å². The van der Waals surface area contributed by atoms with Crippen molar-refractivity contribution >= 4 is 5.91 Å². The van der Waals surface area contributed by atoms with Crippen LogP contribution in [0, 0.1) is 0 Å². The van der Waals surface area contributed by atoms with Crippen LogP contribution in [0.1, 0.15) is 367 Å². The lowest BCUT2D eigenvalue weighted by Gasteiger charge is -2.40. The van der Waals surface area contributed by atoms with E-state index >= 15 is 0 Å². The highest BCUT2D eigenvalue weighted by atomic mass is 16.7. The number of carbonyl (C=O) groups is 1. The maximum atomic E-state index is 13.1. The van der Waals surface area contributed by atoms with Gasteiger partial charge in [-0.3, -0.25) is 4.79 Å². The van der Waals surface area contributed by atoms with Crippen LogP contribution in [0.15, 0.2) is 24.3 Å². The SMILES string of the molecule is CCCCCCCCCCCCCC/C=C\CCCCCCCCCCCCCCCCCCC(=O)NC(COC1OC(CO)C(O)C(O)C1O)C(O)/C=C/CCCCCCCCCCCCCCCCCCCCCCCCC. The van der Waals surface area contributed by atoms with E-state index in [0.29, 0.717) is 6.42 Å². The predicted octanol–water partition coefficient (Wildman–Crippen LogP) is 19.3. The van der Waals surface area contributed by atoms with Gasteiger partial charge in [0, 0.05) is 6.42 Å². The summed E-state index contributed by atoms with van der Waals surface area (Å²) in [4.78, 5) is 13.1. The summed E-state index contributed by atoms with van der Waals surface area (Å²) in [6, 6.07) is -0.804. The molecule has 1 saturated heterocycles. The maximum Gasteiger partial charge on any atom is 0.220 e. The van der Waals surface area contributed by atoms with Gasteiger partial charge in [-0.1, -0.05) is 340 Å². The smallest absolute Gasteiger partial charge is 0.220 e. The fraction of sp³-hybridized carbons (Fsp3) is 0.930. The largest absolute Gasteiger partial charge is 0.394 e. The molecule has 1 amide bonds. The minimum Gasteiger partial charge on any atom is -0.394 e. The standard InChI is InChI=1S/C71H137NO8/c1-3-5-7-9-11-13-15-17-19-21-23-25-27-29-30-31-32-33-34-35-37-39-41-43-45-47-49-51-53-55-57-59-61-67(75)72-64(63-79-71-70(78)69(77)68(76)66(62-73)80-71)65(74)60-58-56-54-52-50-48-46-44-42-40-38-36-28-26-24-22-20-18-16-14-12-10-8-6-4-2/h29-30,58,60,64-66,68-71,73-74,76-78H,3-28,31-57,59,61-63H2,1-2H3,(H,72,75)/b30-29-,60-58+. The number of ether oxygens (including phenoxy) is 2. The van der Waals surface area contributed by atoms with E-state index in [4.69, 9.17) is 9.47 Å². The number of hydrogen-bond acceptors (Lipinski definition) is 8. The summed E-state index contributed by atoms with van der Waals surface area (Å²) in [6.07, 6.45) is 72.9. The van der Waals surface area contributed by atoms with E-state index in [0.717, 1.165) is 38.5 Å². The molecule has 474 valence electrons. The van der Waals surface area contributed by atoms with Crippen molar-refractivity contribution in [2.45, 2.75) is 410 Å². The summed E-state index contributed by atoms with van der Waals surface area (Å²) >= 11 is 0. The summed E-state index contributed by atoms with van der Waals surface area (Å²) < 4.78 is 11.3. The Morgan fingerprint density at radius 2 is 0.700 bits per heavy atom. The lowest BCUT2D eigenvalue weighted by atomic mass is 9.99. The molecule has 9 nitrogen and oxygen atoms in total. The molecular weight excluding hydrogens is 995 g/mol. The molecule has 7 atom stereocenters. The predicted molar refractivity (Wildman–Crippen MR) is 341 cm³/mol. The monoisotopic (exact) mass is 1130 g/mol. The van der Waals surface area contributed by atoms with Crippen LogP contribution >= 0.6 is 0 Å². The summed E-state index contributed by atoms with van der Waals surface area (Å²) in [5.74, 6) is -0.169. The van der Waals surface area contributed by atoms with Crippen molar-refractivity contribution in [3.05, 3.63) is 24.3 Å². The summed E-state index contributed by atoms with van der Waals surface area (Å²) in [7, 11) is 0. The molecule has 0 bridgehead atoms. The number of carbonyl (C=O) groups excluding carboxylic acids is 1. The number of amides is 1. The minimum atomic E-state index is -1.57. The van der Waals surface area contributed by atoms with E-state index in [2.05, 4.69) is 31.3 Å². The lowest BCUT2D eigenvalue weighted by molar-refractivity contribution is -0.302. The van der Waals surface area contributed by atoms with E-state index in [-0.39, 0.29) is 12.5 Å². The molecule has 1 aliphatic heterocycles. The molecule has 1 aliphatic rings. The molecule has 7 unspecified atom stereocenters. The first kappa shape index (κ1) is 76.7. The first-order valence-corrected chi connectivity index (χ1v) is 35.6. The van der Waals surface area contributed by atoms with Crippen molar-refractivity contribution in [3.63, 3.8) is 0 Å². The zero-order chi connectivity index (χ0) is 57.9. The third-order valence-corrected chi connectivity index (χ3v) is 17.3. The Hall–Kier alpha value is -1.33. The van der Waals surface area contributed by atoms with Gasteiger partial charge in [-0.2, -0.15) is 0 Å². The number of aliphatic hydroxyl groups is 5. The van der Waals surface area contributed by atoms with Crippen LogP contribution < -0.4 is 5.32 Å². The first-order valence-electron chi connectivity index (χ1n) is 35.6. The molecule has 1 fully saturated rings. The number of allylic oxidation sites excluding steroid dienone is 3. The van der Waals surface area contributed by atoms with Crippen molar-refractivity contribution in [2.24, 2.45) is 0 Å². The quantitative estimate of drug-likeness (QED) is 0.0261. The first-order chi connectivity index (χ1) is 39.3. The average Bonchev–Trinajstić information content (AvgIpc) is 3.46. The van der Waals surface area contributed by atoms with E-state index in [1.54, 1.807) is 6.08 Å². The van der Waals surface area contributed by atoms with Crippen LogP contribution in [0.5, 0.6) is 0 Å². The topological polar surface area (TPSA) is 149 Å². The Bertz CT molecular complexity index is 1310. The van der Waals surface area contributed by atoms with Crippen molar-refractivity contribution in [3.8, 4) is 0 Å². The van der Waals surface area contributed by atoms with Crippen LogP contribution in [-0.2, 0) is 14.3 Å². The Morgan fingerprint density at radius 1 is 0.412 bits per heavy atom. The second kappa shape index (κ2) is 60.8. The third kappa shape index (κ3) is 49.0. The second-order valence-electron chi connectivity index (χ2n) is 25.0. The van der Waals surface area contributed by atoms with Gasteiger partial charge in [0.1, 0.15) is 24.4 Å². The molecule has 0 aromatic heterocycles. The molecular formula is C71H137NO8. The molecule has 0 spiro atoms. The highest BCUT2D eigenvalue weighted by Gasteiger charge is 2.44. The van der Waals surface area contributed by atoms with Crippen molar-refractivity contribution in [2.75, 3.05) is 13.2 Å². The molecule has 0 aliphatic carbocycles. The minimum absolute atomic E-state index is 0.169. The Labute approximate surface area is 496 Å². The second-order valence-corrected chi connectivity index (χ2v) is 25.0. The van der Waals surface area contributed by atoms with Crippen molar-refractivity contribution in [1.29, 1.82) is 0 Å². The fourth-order valence-electron chi connectivity index (χ4n) is 11.7. The van der Waals surface area contributed by atoms with Gasteiger partial charge in [-0.15, -0.1) is 0 Å². The number of nitrogens with one attached hydrogen (secondary N) is 1. The normalized spacial score (nSPS) is 18.5. The van der Waals surface area contributed by atoms with E-state index in [1.807, 2.05) is 6.08 Å². The summed E-state index contributed by atoms with van der Waals surface area (Å²) in [6.45, 7) is 3.84. The molecule has 1 heterocycles. The van der Waals surface area contributed by atoms with Gasteiger partial charge < -0.3 is 40.3 Å². The van der Waals surface area contributed by atoms with Gasteiger partial charge >= 0.3 is 0 Å². The summed E-state index contributed by atoms with van der Waals surface area (Å²) in [5.41, 5.74) is 0. The molecule has 0 radical (unpaired) electrons. The maximum absolute atomic E-state index is 13.1. The van der Waals surface area contributed by atoms with Crippen LogP contribution in [-0.4, -0.2) is 87.5 Å². The van der Waals surface area contributed by atoms with E-state index < -0.39 is 49.5 Å². The van der Waals surface area contributed by atoms with Crippen LogP contribution in [0.4, 0.5) is 0 Å². The van der Waals surface area contributed by atoms with Crippen molar-refractivity contribution < 1.29 is 39.8 Å². The van der Waals surface area contributed by atoms with Gasteiger partial charge in [0.25, 0.3) is 0 Å². The van der Waals surface area contributed by atoms with Gasteiger partial charge in [-0.05, 0) is 44.9 Å². The Kier molecular flexibility index (Phi) is 58.3. The fourth-order valence-corrected chi connectivity index (χ4v) is 11.7.